The first-order chi connectivity index (χ1) is 9.13. The van der Waals surface area contributed by atoms with Crippen LogP contribution in [0.25, 0.3) is 0 Å². The van der Waals surface area contributed by atoms with Crippen LogP contribution in [0.4, 0.5) is 14.5 Å². The van der Waals surface area contributed by atoms with Crippen molar-refractivity contribution < 1.29 is 8.78 Å². The fourth-order valence-electron chi connectivity index (χ4n) is 2.65. The molecule has 0 saturated heterocycles. The molecule has 2 nitrogen and oxygen atoms in total. The number of nitrogens with zero attached hydrogens (tertiary/aromatic N) is 1. The standard InChI is InChI=1S/C15H22F2N2/c1-3-8-18-14(15(16)17)12-6-7-13-11(10-12)5-4-9-19(13)2/h6-7,10,14-15,18H,3-5,8-9H2,1-2H3. The Bertz CT molecular complexity index is 421. The summed E-state index contributed by atoms with van der Waals surface area (Å²) in [6.45, 7) is 3.64. The monoisotopic (exact) mass is 268 g/mol. The van der Waals surface area contributed by atoms with E-state index in [1.54, 1.807) is 0 Å². The zero-order chi connectivity index (χ0) is 13.8. The number of halogens is 2. The summed E-state index contributed by atoms with van der Waals surface area (Å²) in [7, 11) is 2.05. The van der Waals surface area contributed by atoms with Gasteiger partial charge >= 0.3 is 0 Å². The van der Waals surface area contributed by atoms with Gasteiger partial charge in [0.2, 0.25) is 0 Å². The maximum Gasteiger partial charge on any atom is 0.257 e. The second kappa shape index (κ2) is 6.33. The molecule has 0 saturated carbocycles. The minimum atomic E-state index is -2.37. The topological polar surface area (TPSA) is 15.3 Å². The summed E-state index contributed by atoms with van der Waals surface area (Å²) >= 11 is 0. The average Bonchev–Trinajstić information content (AvgIpc) is 2.39. The van der Waals surface area contributed by atoms with Gasteiger partial charge in [0.1, 0.15) is 0 Å². The third-order valence-electron chi connectivity index (χ3n) is 3.68. The van der Waals surface area contributed by atoms with Crippen molar-refractivity contribution in [2.24, 2.45) is 0 Å². The summed E-state index contributed by atoms with van der Waals surface area (Å²) in [5, 5.41) is 2.94. The number of benzene rings is 1. The third kappa shape index (κ3) is 3.24. The highest BCUT2D eigenvalue weighted by Gasteiger charge is 2.23. The molecule has 0 amide bonds. The Kier molecular flexibility index (Phi) is 4.75. The van der Waals surface area contributed by atoms with E-state index in [-0.39, 0.29) is 0 Å². The molecular formula is C15H22F2N2. The number of hydrogen-bond acceptors (Lipinski definition) is 2. The minimum absolute atomic E-state index is 0.617. The number of anilines is 1. The van der Waals surface area contributed by atoms with Gasteiger partial charge in [-0.25, -0.2) is 8.78 Å². The first-order valence-electron chi connectivity index (χ1n) is 6.99. The lowest BCUT2D eigenvalue weighted by Crippen LogP contribution is -2.29. The highest BCUT2D eigenvalue weighted by Crippen LogP contribution is 2.30. The van der Waals surface area contributed by atoms with Gasteiger partial charge in [0.25, 0.3) is 6.43 Å². The van der Waals surface area contributed by atoms with Crippen LogP contribution in [0.1, 0.15) is 36.9 Å². The van der Waals surface area contributed by atoms with Crippen LogP contribution in [-0.4, -0.2) is 26.6 Å². The molecule has 0 aliphatic carbocycles. The first-order valence-corrected chi connectivity index (χ1v) is 6.99. The van der Waals surface area contributed by atoms with Crippen LogP contribution in [0, 0.1) is 0 Å². The van der Waals surface area contributed by atoms with Crippen molar-refractivity contribution in [2.45, 2.75) is 38.7 Å². The Hall–Kier alpha value is -1.16. The third-order valence-corrected chi connectivity index (χ3v) is 3.68. The van der Waals surface area contributed by atoms with Gasteiger partial charge in [-0.15, -0.1) is 0 Å². The van der Waals surface area contributed by atoms with Gasteiger partial charge in [0, 0.05) is 19.3 Å². The lowest BCUT2D eigenvalue weighted by atomic mass is 9.96. The molecule has 1 aliphatic heterocycles. The van der Waals surface area contributed by atoms with E-state index in [1.807, 2.05) is 25.1 Å². The lowest BCUT2D eigenvalue weighted by molar-refractivity contribution is 0.0985. The van der Waals surface area contributed by atoms with Gasteiger partial charge in [-0.3, -0.25) is 0 Å². The number of alkyl halides is 2. The fraction of sp³-hybridized carbons (Fsp3) is 0.600. The van der Waals surface area contributed by atoms with Gasteiger partial charge in [-0.1, -0.05) is 19.1 Å². The van der Waals surface area contributed by atoms with Gasteiger partial charge < -0.3 is 10.2 Å². The van der Waals surface area contributed by atoms with E-state index in [4.69, 9.17) is 0 Å². The first kappa shape index (κ1) is 14.3. The zero-order valence-corrected chi connectivity index (χ0v) is 11.6. The Balaban J connectivity index is 2.23. The van der Waals surface area contributed by atoms with Crippen molar-refractivity contribution in [3.05, 3.63) is 29.3 Å². The van der Waals surface area contributed by atoms with Crippen molar-refractivity contribution in [3.63, 3.8) is 0 Å². The van der Waals surface area contributed by atoms with E-state index in [0.717, 1.165) is 25.8 Å². The van der Waals surface area contributed by atoms with Crippen molar-refractivity contribution >= 4 is 5.69 Å². The lowest BCUT2D eigenvalue weighted by Gasteiger charge is -2.29. The molecule has 2 rings (SSSR count). The molecule has 1 unspecified atom stereocenters. The van der Waals surface area contributed by atoms with Gasteiger partial charge in [-0.2, -0.15) is 0 Å². The molecule has 1 aromatic rings. The Morgan fingerprint density at radius 2 is 2.16 bits per heavy atom. The van der Waals surface area contributed by atoms with Crippen LogP contribution in [0.15, 0.2) is 18.2 Å². The number of fused-ring (bicyclic) bond motifs is 1. The molecule has 0 aromatic heterocycles. The van der Waals surface area contributed by atoms with Crippen LogP contribution in [0.3, 0.4) is 0 Å². The van der Waals surface area contributed by atoms with E-state index >= 15 is 0 Å². The van der Waals surface area contributed by atoms with Crippen LogP contribution >= 0.6 is 0 Å². The van der Waals surface area contributed by atoms with Gasteiger partial charge in [0.15, 0.2) is 0 Å². The number of hydrogen-bond donors (Lipinski definition) is 1. The summed E-state index contributed by atoms with van der Waals surface area (Å²) < 4.78 is 26.3. The Morgan fingerprint density at radius 3 is 2.84 bits per heavy atom. The van der Waals surface area contributed by atoms with Crippen molar-refractivity contribution in [1.82, 2.24) is 5.32 Å². The highest BCUT2D eigenvalue weighted by atomic mass is 19.3. The summed E-state index contributed by atoms with van der Waals surface area (Å²) in [6, 6.07) is 4.91. The summed E-state index contributed by atoms with van der Waals surface area (Å²) in [4.78, 5) is 2.19. The predicted molar refractivity (Wildman–Crippen MR) is 75.1 cm³/mol. The van der Waals surface area contributed by atoms with Crippen LogP contribution in [0.5, 0.6) is 0 Å². The Labute approximate surface area is 113 Å². The Morgan fingerprint density at radius 1 is 1.37 bits per heavy atom. The number of aryl methyl sites for hydroxylation is 1. The van der Waals surface area contributed by atoms with E-state index < -0.39 is 12.5 Å². The van der Waals surface area contributed by atoms with Gasteiger partial charge in [0.05, 0.1) is 6.04 Å². The summed E-state index contributed by atoms with van der Waals surface area (Å²) in [5.41, 5.74) is 3.08. The fourth-order valence-corrected chi connectivity index (χ4v) is 2.65. The molecule has 0 radical (unpaired) electrons. The molecule has 1 N–H and O–H groups in total. The molecule has 0 bridgehead atoms. The van der Waals surface area contributed by atoms with E-state index in [2.05, 4.69) is 17.3 Å². The highest BCUT2D eigenvalue weighted by molar-refractivity contribution is 5.56. The van der Waals surface area contributed by atoms with E-state index in [1.165, 1.54) is 11.3 Å². The van der Waals surface area contributed by atoms with Crippen LogP contribution < -0.4 is 10.2 Å². The second-order valence-corrected chi connectivity index (χ2v) is 5.18. The van der Waals surface area contributed by atoms with Crippen molar-refractivity contribution in [2.75, 3.05) is 25.0 Å². The molecule has 1 atom stereocenters. The number of nitrogens with one attached hydrogen (secondary N) is 1. The molecule has 4 heteroatoms. The zero-order valence-electron chi connectivity index (χ0n) is 11.6. The smallest absolute Gasteiger partial charge is 0.257 e. The molecule has 106 valence electrons. The minimum Gasteiger partial charge on any atom is -0.374 e. The van der Waals surface area contributed by atoms with E-state index in [9.17, 15) is 8.78 Å². The summed E-state index contributed by atoms with van der Waals surface area (Å²) in [6.07, 6.45) is 0.564. The second-order valence-electron chi connectivity index (χ2n) is 5.18. The normalized spacial score (nSPS) is 16.6. The average molecular weight is 268 g/mol. The molecular weight excluding hydrogens is 246 g/mol. The maximum absolute atomic E-state index is 13.1. The molecule has 1 aromatic carbocycles. The molecule has 0 spiro atoms. The predicted octanol–water partition coefficient (Wildman–Crippen LogP) is 3.37. The van der Waals surface area contributed by atoms with Crippen LogP contribution in [0.2, 0.25) is 0 Å². The largest absolute Gasteiger partial charge is 0.374 e. The van der Waals surface area contributed by atoms with Gasteiger partial charge in [-0.05, 0) is 43.0 Å². The summed E-state index contributed by atoms with van der Waals surface area (Å²) in [5.74, 6) is 0. The SMILES string of the molecule is CCCNC(c1ccc2c(c1)CCCN2C)C(F)F. The molecule has 0 fully saturated rings. The van der Waals surface area contributed by atoms with Crippen LogP contribution in [-0.2, 0) is 6.42 Å². The molecule has 1 heterocycles. The quantitative estimate of drug-likeness (QED) is 0.880. The molecule has 1 aliphatic rings. The molecule has 19 heavy (non-hydrogen) atoms. The van der Waals surface area contributed by atoms with Crippen molar-refractivity contribution in [1.29, 1.82) is 0 Å². The maximum atomic E-state index is 13.1. The van der Waals surface area contributed by atoms with E-state index in [0.29, 0.717) is 12.1 Å². The van der Waals surface area contributed by atoms with Crippen molar-refractivity contribution in [3.8, 4) is 0 Å². The number of rotatable bonds is 5.